The summed E-state index contributed by atoms with van der Waals surface area (Å²) < 4.78 is 0. The Morgan fingerprint density at radius 3 is 2.38 bits per heavy atom. The van der Waals surface area contributed by atoms with Gasteiger partial charge in [-0.25, -0.2) is 0 Å². The number of hydrogen-bond donors (Lipinski definition) is 2. The highest BCUT2D eigenvalue weighted by atomic mass is 16.2. The van der Waals surface area contributed by atoms with E-state index in [0.29, 0.717) is 6.54 Å². The molecule has 1 aromatic carbocycles. The van der Waals surface area contributed by atoms with Crippen LogP contribution in [0.15, 0.2) is 24.3 Å². The number of carbonyl (C=O) groups is 1. The Morgan fingerprint density at radius 1 is 1.38 bits per heavy atom. The van der Waals surface area contributed by atoms with E-state index in [1.807, 2.05) is 45.0 Å². The van der Waals surface area contributed by atoms with Crippen LogP contribution in [0, 0.1) is 12.3 Å². The molecule has 0 saturated carbocycles. The maximum Gasteiger partial charge on any atom is 0.231 e. The van der Waals surface area contributed by atoms with Crippen LogP contribution < -0.4 is 11.1 Å². The molecule has 1 rings (SSSR count). The summed E-state index contributed by atoms with van der Waals surface area (Å²) in [5.74, 6) is -0.0126. The summed E-state index contributed by atoms with van der Waals surface area (Å²) in [4.78, 5) is 12.0. The highest BCUT2D eigenvalue weighted by Gasteiger charge is 2.29. The summed E-state index contributed by atoms with van der Waals surface area (Å²) in [6.45, 7) is 6.24. The number of anilines is 1. The van der Waals surface area contributed by atoms with Gasteiger partial charge in [-0.05, 0) is 32.4 Å². The summed E-state index contributed by atoms with van der Waals surface area (Å²) in [7, 11) is 0. The van der Waals surface area contributed by atoms with Crippen LogP contribution in [-0.2, 0) is 4.79 Å². The predicted octanol–water partition coefficient (Wildman–Crippen LogP) is 2.31. The molecule has 0 spiro atoms. The van der Waals surface area contributed by atoms with Gasteiger partial charge in [0.05, 0.1) is 5.41 Å². The molecule has 0 aliphatic heterocycles. The lowest BCUT2D eigenvalue weighted by Gasteiger charge is -2.24. The summed E-state index contributed by atoms with van der Waals surface area (Å²) in [5, 5.41) is 2.89. The second kappa shape index (κ2) is 5.12. The number of rotatable bonds is 4. The summed E-state index contributed by atoms with van der Waals surface area (Å²) >= 11 is 0. The maximum absolute atomic E-state index is 12.0. The molecule has 88 valence electrons. The molecule has 0 saturated heterocycles. The standard InChI is InChI=1S/C13H20N2O/c1-4-13(3,9-14)12(16)15-11-7-5-10(2)6-8-11/h5-8H,4,9,14H2,1-3H3,(H,15,16). The van der Waals surface area contributed by atoms with Gasteiger partial charge in [-0.15, -0.1) is 0 Å². The van der Waals surface area contributed by atoms with Crippen LogP contribution in [0.4, 0.5) is 5.69 Å². The lowest BCUT2D eigenvalue weighted by atomic mass is 9.86. The third kappa shape index (κ3) is 2.83. The number of aryl methyl sites for hydroxylation is 1. The third-order valence-corrected chi connectivity index (χ3v) is 3.09. The fourth-order valence-electron chi connectivity index (χ4n) is 1.32. The van der Waals surface area contributed by atoms with E-state index < -0.39 is 5.41 Å². The van der Waals surface area contributed by atoms with Crippen LogP contribution in [0.3, 0.4) is 0 Å². The van der Waals surface area contributed by atoms with Gasteiger partial charge in [0.1, 0.15) is 0 Å². The molecule has 0 bridgehead atoms. The molecular formula is C13H20N2O. The molecule has 3 heteroatoms. The number of nitrogens with two attached hydrogens (primary N) is 1. The summed E-state index contributed by atoms with van der Waals surface area (Å²) in [5.41, 5.74) is 7.15. The highest BCUT2D eigenvalue weighted by molar-refractivity contribution is 5.95. The average Bonchev–Trinajstić information content (AvgIpc) is 2.31. The quantitative estimate of drug-likeness (QED) is 0.818. The summed E-state index contributed by atoms with van der Waals surface area (Å²) in [6, 6.07) is 7.75. The van der Waals surface area contributed by atoms with E-state index >= 15 is 0 Å². The zero-order valence-electron chi connectivity index (χ0n) is 10.2. The van der Waals surface area contributed by atoms with Crippen LogP contribution >= 0.6 is 0 Å². The van der Waals surface area contributed by atoms with Crippen molar-refractivity contribution in [2.45, 2.75) is 27.2 Å². The molecule has 16 heavy (non-hydrogen) atoms. The van der Waals surface area contributed by atoms with Crippen molar-refractivity contribution in [2.75, 3.05) is 11.9 Å². The van der Waals surface area contributed by atoms with Crippen molar-refractivity contribution < 1.29 is 4.79 Å². The van der Waals surface area contributed by atoms with Crippen molar-refractivity contribution >= 4 is 11.6 Å². The molecule has 0 fully saturated rings. The molecule has 0 radical (unpaired) electrons. The Labute approximate surface area is 97.0 Å². The van der Waals surface area contributed by atoms with Crippen molar-refractivity contribution in [3.8, 4) is 0 Å². The smallest absolute Gasteiger partial charge is 0.231 e. The molecule has 0 aliphatic carbocycles. The van der Waals surface area contributed by atoms with Gasteiger partial charge in [0.25, 0.3) is 0 Å². The number of benzene rings is 1. The van der Waals surface area contributed by atoms with Gasteiger partial charge in [-0.2, -0.15) is 0 Å². The van der Waals surface area contributed by atoms with Gasteiger partial charge in [0.15, 0.2) is 0 Å². The average molecular weight is 220 g/mol. The molecule has 3 N–H and O–H groups in total. The van der Waals surface area contributed by atoms with Crippen molar-refractivity contribution in [2.24, 2.45) is 11.1 Å². The Balaban J connectivity index is 2.74. The Morgan fingerprint density at radius 2 is 1.94 bits per heavy atom. The zero-order valence-corrected chi connectivity index (χ0v) is 10.2. The lowest BCUT2D eigenvalue weighted by Crippen LogP contribution is -2.39. The molecule has 1 aromatic rings. The topological polar surface area (TPSA) is 55.1 Å². The van der Waals surface area contributed by atoms with E-state index in [0.717, 1.165) is 12.1 Å². The van der Waals surface area contributed by atoms with Crippen LogP contribution in [0.25, 0.3) is 0 Å². The second-order valence-corrected chi connectivity index (χ2v) is 4.44. The van der Waals surface area contributed by atoms with Crippen LogP contribution in [-0.4, -0.2) is 12.5 Å². The first-order chi connectivity index (χ1) is 7.51. The first kappa shape index (κ1) is 12.7. The first-order valence-electron chi connectivity index (χ1n) is 5.60. The lowest BCUT2D eigenvalue weighted by molar-refractivity contribution is -0.124. The van der Waals surface area contributed by atoms with Gasteiger partial charge < -0.3 is 11.1 Å². The van der Waals surface area contributed by atoms with Gasteiger partial charge in [0, 0.05) is 12.2 Å². The van der Waals surface area contributed by atoms with E-state index in [2.05, 4.69) is 5.32 Å². The highest BCUT2D eigenvalue weighted by Crippen LogP contribution is 2.22. The Kier molecular flexibility index (Phi) is 4.07. The van der Waals surface area contributed by atoms with Crippen LogP contribution in [0.1, 0.15) is 25.8 Å². The molecule has 1 unspecified atom stereocenters. The van der Waals surface area contributed by atoms with E-state index in [9.17, 15) is 4.79 Å². The molecule has 0 aliphatic rings. The van der Waals surface area contributed by atoms with E-state index in [1.165, 1.54) is 5.56 Å². The van der Waals surface area contributed by atoms with Crippen LogP contribution in [0.2, 0.25) is 0 Å². The third-order valence-electron chi connectivity index (χ3n) is 3.09. The van der Waals surface area contributed by atoms with Crippen LogP contribution in [0.5, 0.6) is 0 Å². The van der Waals surface area contributed by atoms with E-state index in [-0.39, 0.29) is 5.91 Å². The number of hydrogen-bond acceptors (Lipinski definition) is 2. The molecule has 0 heterocycles. The molecular weight excluding hydrogens is 200 g/mol. The minimum atomic E-state index is -0.481. The largest absolute Gasteiger partial charge is 0.329 e. The van der Waals surface area contributed by atoms with E-state index in [4.69, 9.17) is 5.73 Å². The van der Waals surface area contributed by atoms with Gasteiger partial charge in [-0.3, -0.25) is 4.79 Å². The first-order valence-corrected chi connectivity index (χ1v) is 5.60. The number of amides is 1. The van der Waals surface area contributed by atoms with Gasteiger partial charge in [0.2, 0.25) is 5.91 Å². The molecule has 0 aromatic heterocycles. The fourth-order valence-corrected chi connectivity index (χ4v) is 1.32. The molecule has 1 amide bonds. The number of carbonyl (C=O) groups excluding carboxylic acids is 1. The van der Waals surface area contributed by atoms with Crippen molar-refractivity contribution in [1.29, 1.82) is 0 Å². The van der Waals surface area contributed by atoms with Crippen molar-refractivity contribution in [3.63, 3.8) is 0 Å². The van der Waals surface area contributed by atoms with Crippen molar-refractivity contribution in [3.05, 3.63) is 29.8 Å². The van der Waals surface area contributed by atoms with Crippen molar-refractivity contribution in [1.82, 2.24) is 0 Å². The molecule has 3 nitrogen and oxygen atoms in total. The zero-order chi connectivity index (χ0) is 12.2. The Bertz CT molecular complexity index is 353. The predicted molar refractivity (Wildman–Crippen MR) is 67.3 cm³/mol. The normalized spacial score (nSPS) is 14.2. The van der Waals surface area contributed by atoms with Gasteiger partial charge in [-0.1, -0.05) is 24.6 Å². The monoisotopic (exact) mass is 220 g/mol. The minimum absolute atomic E-state index is 0.0126. The maximum atomic E-state index is 12.0. The molecule has 1 atom stereocenters. The van der Waals surface area contributed by atoms with Gasteiger partial charge >= 0.3 is 0 Å². The minimum Gasteiger partial charge on any atom is -0.329 e. The SMILES string of the molecule is CCC(C)(CN)C(=O)Nc1ccc(C)cc1. The summed E-state index contributed by atoms with van der Waals surface area (Å²) in [6.07, 6.45) is 0.737. The Hall–Kier alpha value is -1.35. The number of nitrogens with one attached hydrogen (secondary N) is 1. The van der Waals surface area contributed by atoms with E-state index in [1.54, 1.807) is 0 Å². The fraction of sp³-hybridized carbons (Fsp3) is 0.462. The second-order valence-electron chi connectivity index (χ2n) is 4.44.